The second-order valence-corrected chi connectivity index (χ2v) is 7.64. The van der Waals surface area contributed by atoms with Crippen molar-refractivity contribution in [2.75, 3.05) is 13.1 Å². The van der Waals surface area contributed by atoms with Gasteiger partial charge in [-0.3, -0.25) is 0 Å². The van der Waals surface area contributed by atoms with Gasteiger partial charge in [0.25, 0.3) is 0 Å². The summed E-state index contributed by atoms with van der Waals surface area (Å²) >= 11 is 0. The number of halogens is 3. The summed E-state index contributed by atoms with van der Waals surface area (Å²) in [4.78, 5) is -0.625. The minimum absolute atomic E-state index is 0.0164. The first kappa shape index (κ1) is 16.9. The number of nitrogens with zero attached hydrogens (tertiary/aromatic N) is 1. The van der Waals surface area contributed by atoms with Crippen molar-refractivity contribution >= 4 is 10.0 Å². The van der Waals surface area contributed by atoms with Crippen molar-refractivity contribution < 1.29 is 21.6 Å². The van der Waals surface area contributed by atoms with E-state index in [9.17, 15) is 21.6 Å². The van der Waals surface area contributed by atoms with Crippen molar-refractivity contribution in [2.45, 2.75) is 16.9 Å². The third kappa shape index (κ3) is 2.92. The Balaban J connectivity index is 1.92. The highest BCUT2D eigenvalue weighted by Crippen LogP contribution is 2.31. The molecule has 0 bridgehead atoms. The van der Waals surface area contributed by atoms with E-state index in [2.05, 4.69) is 0 Å². The molecule has 0 saturated carbocycles. The van der Waals surface area contributed by atoms with E-state index in [1.54, 1.807) is 0 Å². The maximum absolute atomic E-state index is 13.4. The number of hydrogen-bond donors (Lipinski definition) is 1. The molecule has 4 nitrogen and oxygen atoms in total. The molecule has 2 aromatic carbocycles. The topological polar surface area (TPSA) is 63.4 Å². The zero-order valence-electron chi connectivity index (χ0n) is 12.5. The molecule has 8 heteroatoms. The van der Waals surface area contributed by atoms with Gasteiger partial charge in [0.15, 0.2) is 17.5 Å². The number of hydrogen-bond acceptors (Lipinski definition) is 3. The van der Waals surface area contributed by atoms with Gasteiger partial charge in [0.1, 0.15) is 0 Å². The molecule has 24 heavy (non-hydrogen) atoms. The second-order valence-electron chi connectivity index (χ2n) is 5.70. The molecule has 0 radical (unpaired) electrons. The first-order chi connectivity index (χ1) is 11.3. The lowest BCUT2D eigenvalue weighted by Crippen LogP contribution is -2.32. The standard InChI is InChI=1S/C16H15F3N2O2S/c17-13-6-11(7-14(18)16(13)19)24(22,23)21-8-12(15(20)9-21)10-4-2-1-3-5-10/h1-7,12,15H,8-9,20H2/t12-,15+/m0/s1. The molecule has 2 atom stereocenters. The van der Waals surface area contributed by atoms with Crippen LogP contribution in [0.15, 0.2) is 47.4 Å². The lowest BCUT2D eigenvalue weighted by atomic mass is 9.95. The van der Waals surface area contributed by atoms with Crippen LogP contribution in [0.1, 0.15) is 11.5 Å². The zero-order chi connectivity index (χ0) is 17.5. The largest absolute Gasteiger partial charge is 0.326 e. The van der Waals surface area contributed by atoms with E-state index in [0.717, 1.165) is 9.87 Å². The summed E-state index contributed by atoms with van der Waals surface area (Å²) in [5.41, 5.74) is 6.93. The predicted octanol–water partition coefficient (Wildman–Crippen LogP) is 2.22. The molecular weight excluding hydrogens is 341 g/mol. The molecule has 1 aliphatic heterocycles. The van der Waals surface area contributed by atoms with Crippen molar-refractivity contribution in [1.82, 2.24) is 4.31 Å². The van der Waals surface area contributed by atoms with Crippen molar-refractivity contribution in [3.8, 4) is 0 Å². The van der Waals surface area contributed by atoms with E-state index in [-0.39, 0.29) is 19.0 Å². The molecular formula is C16H15F3N2O2S. The number of sulfonamides is 1. The fraction of sp³-hybridized carbons (Fsp3) is 0.250. The maximum atomic E-state index is 13.4. The summed E-state index contributed by atoms with van der Waals surface area (Å²) in [5, 5.41) is 0. The van der Waals surface area contributed by atoms with Gasteiger partial charge in [0.05, 0.1) is 4.90 Å². The van der Waals surface area contributed by atoms with Gasteiger partial charge in [-0.05, 0) is 17.7 Å². The van der Waals surface area contributed by atoms with E-state index in [1.165, 1.54) is 0 Å². The molecule has 128 valence electrons. The summed E-state index contributed by atoms with van der Waals surface area (Å²) in [5.74, 6) is -5.02. The molecule has 0 aromatic heterocycles. The van der Waals surface area contributed by atoms with Crippen LogP contribution in [0, 0.1) is 17.5 Å². The minimum atomic E-state index is -4.17. The SMILES string of the molecule is N[C@@H]1CN(S(=O)(=O)c2cc(F)c(F)c(F)c2)C[C@H]1c1ccccc1. The molecule has 0 amide bonds. The van der Waals surface area contributed by atoms with Crippen LogP contribution in [0.5, 0.6) is 0 Å². The first-order valence-electron chi connectivity index (χ1n) is 7.26. The smallest absolute Gasteiger partial charge is 0.243 e. The summed E-state index contributed by atoms with van der Waals surface area (Å²) in [6.45, 7) is 0.108. The van der Waals surface area contributed by atoms with Gasteiger partial charge < -0.3 is 5.73 Å². The van der Waals surface area contributed by atoms with Crippen molar-refractivity contribution in [3.05, 3.63) is 65.5 Å². The quantitative estimate of drug-likeness (QED) is 0.858. The van der Waals surface area contributed by atoms with Crippen LogP contribution in [0.3, 0.4) is 0 Å². The van der Waals surface area contributed by atoms with Gasteiger partial charge in [-0.1, -0.05) is 30.3 Å². The van der Waals surface area contributed by atoms with Crippen molar-refractivity contribution in [2.24, 2.45) is 5.73 Å². The molecule has 1 aliphatic rings. The Hall–Kier alpha value is -1.90. The molecule has 2 N–H and O–H groups in total. The highest BCUT2D eigenvalue weighted by atomic mass is 32.2. The number of rotatable bonds is 3. The molecule has 3 rings (SSSR count). The van der Waals surface area contributed by atoms with Gasteiger partial charge in [0.2, 0.25) is 10.0 Å². The van der Waals surface area contributed by atoms with E-state index in [0.29, 0.717) is 12.1 Å². The summed E-state index contributed by atoms with van der Waals surface area (Å²) in [6, 6.07) is 9.69. The van der Waals surface area contributed by atoms with Gasteiger partial charge in [-0.2, -0.15) is 4.31 Å². The van der Waals surface area contributed by atoms with Crippen LogP contribution in [0.2, 0.25) is 0 Å². The van der Waals surface area contributed by atoms with Gasteiger partial charge >= 0.3 is 0 Å². The molecule has 0 aliphatic carbocycles. The molecule has 0 unspecified atom stereocenters. The zero-order valence-corrected chi connectivity index (χ0v) is 13.3. The Kier molecular flexibility index (Phi) is 4.37. The predicted molar refractivity (Wildman–Crippen MR) is 82.2 cm³/mol. The van der Waals surface area contributed by atoms with Gasteiger partial charge in [-0.25, -0.2) is 21.6 Å². The molecule has 2 aromatic rings. The number of benzene rings is 2. The summed E-state index contributed by atoms with van der Waals surface area (Å²) < 4.78 is 66.0. The highest BCUT2D eigenvalue weighted by Gasteiger charge is 2.38. The normalized spacial score (nSPS) is 22.0. The molecule has 1 saturated heterocycles. The lowest BCUT2D eigenvalue weighted by molar-refractivity contribution is 0.437. The highest BCUT2D eigenvalue weighted by molar-refractivity contribution is 7.89. The molecule has 1 fully saturated rings. The Bertz CT molecular complexity index is 836. The molecule has 0 spiro atoms. The third-order valence-corrected chi connectivity index (χ3v) is 5.96. The first-order valence-corrected chi connectivity index (χ1v) is 8.70. The average molecular weight is 356 g/mol. The van der Waals surface area contributed by atoms with E-state index in [4.69, 9.17) is 5.73 Å². The summed E-state index contributed by atoms with van der Waals surface area (Å²) in [7, 11) is -4.17. The fourth-order valence-electron chi connectivity index (χ4n) is 2.87. The maximum Gasteiger partial charge on any atom is 0.243 e. The van der Waals surface area contributed by atoms with Crippen LogP contribution in [-0.4, -0.2) is 31.9 Å². The lowest BCUT2D eigenvalue weighted by Gasteiger charge is -2.17. The monoisotopic (exact) mass is 356 g/mol. The van der Waals surface area contributed by atoms with Crippen LogP contribution < -0.4 is 5.73 Å². The summed E-state index contributed by atoms with van der Waals surface area (Å²) in [6.07, 6.45) is 0. The number of nitrogens with two attached hydrogens (primary N) is 1. The minimum Gasteiger partial charge on any atom is -0.326 e. The van der Waals surface area contributed by atoms with Crippen molar-refractivity contribution in [3.63, 3.8) is 0 Å². The second kappa shape index (κ2) is 6.19. The Morgan fingerprint density at radius 3 is 2.17 bits per heavy atom. The van der Waals surface area contributed by atoms with E-state index < -0.39 is 38.4 Å². The Labute approximate surface area is 137 Å². The third-order valence-electron chi connectivity index (χ3n) is 4.15. The van der Waals surface area contributed by atoms with Crippen LogP contribution in [0.4, 0.5) is 13.2 Å². The Morgan fingerprint density at radius 1 is 1.00 bits per heavy atom. The Morgan fingerprint density at radius 2 is 1.58 bits per heavy atom. The van der Waals surface area contributed by atoms with E-state index >= 15 is 0 Å². The van der Waals surface area contributed by atoms with E-state index in [1.807, 2.05) is 30.3 Å². The van der Waals surface area contributed by atoms with Crippen molar-refractivity contribution in [1.29, 1.82) is 0 Å². The average Bonchev–Trinajstić information content (AvgIpc) is 2.95. The van der Waals surface area contributed by atoms with Gasteiger partial charge in [-0.15, -0.1) is 0 Å². The fourth-order valence-corrected chi connectivity index (χ4v) is 4.40. The van der Waals surface area contributed by atoms with Gasteiger partial charge in [0, 0.05) is 25.0 Å². The van der Waals surface area contributed by atoms with Crippen LogP contribution >= 0.6 is 0 Å². The van der Waals surface area contributed by atoms with Crippen LogP contribution in [0.25, 0.3) is 0 Å². The van der Waals surface area contributed by atoms with Crippen LogP contribution in [-0.2, 0) is 10.0 Å². The molecule has 1 heterocycles.